The molecule has 0 aliphatic heterocycles. The molecule has 0 amide bonds. The molecular formula is C18H13N5. The molecule has 110 valence electrons. The van der Waals surface area contributed by atoms with E-state index in [2.05, 4.69) is 56.4 Å². The Balaban J connectivity index is 1.94. The van der Waals surface area contributed by atoms with Crippen molar-refractivity contribution in [2.75, 3.05) is 0 Å². The van der Waals surface area contributed by atoms with Gasteiger partial charge >= 0.3 is 0 Å². The number of aromatic amines is 1. The Morgan fingerprint density at radius 3 is 2.61 bits per heavy atom. The van der Waals surface area contributed by atoms with E-state index >= 15 is 0 Å². The van der Waals surface area contributed by atoms with Gasteiger partial charge in [-0.2, -0.15) is 15.6 Å². The van der Waals surface area contributed by atoms with E-state index in [0.29, 0.717) is 17.9 Å². The summed E-state index contributed by atoms with van der Waals surface area (Å²) in [5, 5.41) is 21.0. The van der Waals surface area contributed by atoms with E-state index in [9.17, 15) is 5.26 Å². The second-order valence-corrected chi connectivity index (χ2v) is 5.29. The zero-order valence-electron chi connectivity index (χ0n) is 12.3. The summed E-state index contributed by atoms with van der Waals surface area (Å²) in [7, 11) is 0. The molecule has 0 radical (unpaired) electrons. The lowest BCUT2D eigenvalue weighted by Gasteiger charge is -2.09. The number of para-hydroxylation sites is 1. The van der Waals surface area contributed by atoms with E-state index in [1.807, 2.05) is 30.3 Å². The number of rotatable bonds is 3. The number of nitrogens with zero attached hydrogens (tertiary/aromatic N) is 4. The third-order valence-electron chi connectivity index (χ3n) is 3.89. The minimum Gasteiger partial charge on any atom is -0.335 e. The normalized spacial score (nSPS) is 10.7. The Hall–Kier alpha value is -3.39. The van der Waals surface area contributed by atoms with Crippen molar-refractivity contribution in [3.63, 3.8) is 0 Å². The van der Waals surface area contributed by atoms with Gasteiger partial charge in [-0.1, -0.05) is 48.5 Å². The van der Waals surface area contributed by atoms with Crippen molar-refractivity contribution in [3.8, 4) is 17.5 Å². The number of hydrogen-bond acceptors (Lipinski definition) is 3. The highest BCUT2D eigenvalue weighted by Gasteiger charge is 2.17. The molecule has 2 aromatic heterocycles. The van der Waals surface area contributed by atoms with E-state index in [-0.39, 0.29) is 0 Å². The van der Waals surface area contributed by atoms with Crippen molar-refractivity contribution in [1.82, 2.24) is 20.0 Å². The third kappa shape index (κ3) is 2.27. The first-order valence-electron chi connectivity index (χ1n) is 7.30. The number of fused-ring (bicyclic) bond motifs is 1. The van der Waals surface area contributed by atoms with Gasteiger partial charge in [0.05, 0.1) is 5.69 Å². The van der Waals surface area contributed by atoms with Crippen LogP contribution in [0.2, 0.25) is 0 Å². The van der Waals surface area contributed by atoms with E-state index in [0.717, 1.165) is 16.6 Å². The van der Waals surface area contributed by atoms with Crippen molar-refractivity contribution in [1.29, 1.82) is 5.26 Å². The van der Waals surface area contributed by atoms with E-state index in [1.165, 1.54) is 5.56 Å². The van der Waals surface area contributed by atoms with Gasteiger partial charge in [0, 0.05) is 17.4 Å². The monoisotopic (exact) mass is 299 g/mol. The molecule has 2 heterocycles. The van der Waals surface area contributed by atoms with Crippen LogP contribution in [-0.4, -0.2) is 20.0 Å². The van der Waals surface area contributed by atoms with Gasteiger partial charge in [0.1, 0.15) is 11.8 Å². The molecule has 0 atom stereocenters. The molecule has 0 bridgehead atoms. The standard InChI is InChI=1S/C18H13N5/c19-11-15-18(21-22-20-15)17-10-14-8-4-5-9-16(14)23(17)12-13-6-2-1-3-7-13/h1-10H,12H2,(H,20,21,22). The zero-order chi connectivity index (χ0) is 15.6. The lowest BCUT2D eigenvalue weighted by Crippen LogP contribution is -2.02. The topological polar surface area (TPSA) is 70.3 Å². The molecule has 0 aliphatic rings. The van der Waals surface area contributed by atoms with Crippen molar-refractivity contribution < 1.29 is 0 Å². The zero-order valence-corrected chi connectivity index (χ0v) is 12.3. The molecular weight excluding hydrogens is 286 g/mol. The first kappa shape index (κ1) is 13.3. The summed E-state index contributed by atoms with van der Waals surface area (Å²) >= 11 is 0. The van der Waals surface area contributed by atoms with Crippen LogP contribution in [0, 0.1) is 11.3 Å². The first-order chi connectivity index (χ1) is 11.4. The summed E-state index contributed by atoms with van der Waals surface area (Å²) in [5.41, 5.74) is 4.08. The summed E-state index contributed by atoms with van der Waals surface area (Å²) in [6.45, 7) is 0.710. The SMILES string of the molecule is N#Cc1n[nH]nc1-c1cc2ccccc2n1Cc1ccccc1. The van der Waals surface area contributed by atoms with Gasteiger partial charge in [-0.25, -0.2) is 0 Å². The van der Waals surface area contributed by atoms with E-state index < -0.39 is 0 Å². The third-order valence-corrected chi connectivity index (χ3v) is 3.89. The van der Waals surface area contributed by atoms with Crippen LogP contribution in [-0.2, 0) is 6.54 Å². The van der Waals surface area contributed by atoms with Crippen LogP contribution in [0.3, 0.4) is 0 Å². The fraction of sp³-hybridized carbons (Fsp3) is 0.0556. The quantitative estimate of drug-likeness (QED) is 0.630. The van der Waals surface area contributed by atoms with Gasteiger partial charge in [0.2, 0.25) is 0 Å². The molecule has 5 nitrogen and oxygen atoms in total. The molecule has 0 aliphatic carbocycles. The molecule has 5 heteroatoms. The lowest BCUT2D eigenvalue weighted by atomic mass is 10.2. The van der Waals surface area contributed by atoms with Crippen LogP contribution in [0.4, 0.5) is 0 Å². The molecule has 0 unspecified atom stereocenters. The molecule has 23 heavy (non-hydrogen) atoms. The molecule has 0 saturated carbocycles. The Morgan fingerprint density at radius 1 is 1.00 bits per heavy atom. The summed E-state index contributed by atoms with van der Waals surface area (Å²) in [6.07, 6.45) is 0. The average Bonchev–Trinajstić information content (AvgIpc) is 3.20. The molecule has 0 saturated heterocycles. The second-order valence-electron chi connectivity index (χ2n) is 5.29. The largest absolute Gasteiger partial charge is 0.335 e. The van der Waals surface area contributed by atoms with Gasteiger partial charge < -0.3 is 4.57 Å². The summed E-state index contributed by atoms with van der Waals surface area (Å²) in [5.74, 6) is 0. The van der Waals surface area contributed by atoms with Crippen molar-refractivity contribution in [3.05, 3.63) is 71.9 Å². The Labute approximate surface area is 132 Å². The van der Waals surface area contributed by atoms with Crippen LogP contribution in [0.15, 0.2) is 60.7 Å². The van der Waals surface area contributed by atoms with Crippen molar-refractivity contribution >= 4 is 10.9 Å². The van der Waals surface area contributed by atoms with Crippen molar-refractivity contribution in [2.24, 2.45) is 0 Å². The molecule has 0 fully saturated rings. The highest BCUT2D eigenvalue weighted by Crippen LogP contribution is 2.29. The Kier molecular flexibility index (Phi) is 3.13. The predicted molar refractivity (Wildman–Crippen MR) is 87.6 cm³/mol. The summed E-state index contributed by atoms with van der Waals surface area (Å²) in [6, 6.07) is 22.5. The fourth-order valence-corrected chi connectivity index (χ4v) is 2.83. The average molecular weight is 299 g/mol. The molecule has 4 rings (SSSR count). The minimum atomic E-state index is 0.308. The van der Waals surface area contributed by atoms with Crippen LogP contribution in [0.1, 0.15) is 11.3 Å². The van der Waals surface area contributed by atoms with Gasteiger partial charge in [-0.05, 0) is 17.7 Å². The molecule has 0 spiro atoms. The number of H-pyrrole nitrogens is 1. The number of hydrogen-bond donors (Lipinski definition) is 1. The number of nitriles is 1. The molecule has 4 aromatic rings. The van der Waals surface area contributed by atoms with E-state index in [4.69, 9.17) is 0 Å². The number of nitrogens with one attached hydrogen (secondary N) is 1. The van der Waals surface area contributed by atoms with E-state index in [1.54, 1.807) is 0 Å². The summed E-state index contributed by atoms with van der Waals surface area (Å²) in [4.78, 5) is 0. The maximum Gasteiger partial charge on any atom is 0.191 e. The maximum absolute atomic E-state index is 9.24. The smallest absolute Gasteiger partial charge is 0.191 e. The van der Waals surface area contributed by atoms with Gasteiger partial charge in [0.25, 0.3) is 0 Å². The predicted octanol–water partition coefficient (Wildman–Crippen LogP) is 3.35. The number of aromatic nitrogens is 4. The lowest BCUT2D eigenvalue weighted by molar-refractivity contribution is 0.839. The molecule has 1 N–H and O–H groups in total. The summed E-state index contributed by atoms with van der Waals surface area (Å²) < 4.78 is 2.17. The maximum atomic E-state index is 9.24. The van der Waals surface area contributed by atoms with Crippen LogP contribution in [0.5, 0.6) is 0 Å². The number of benzene rings is 2. The highest BCUT2D eigenvalue weighted by atomic mass is 15.3. The van der Waals surface area contributed by atoms with Crippen LogP contribution < -0.4 is 0 Å². The first-order valence-corrected chi connectivity index (χ1v) is 7.30. The Morgan fingerprint density at radius 2 is 1.78 bits per heavy atom. The van der Waals surface area contributed by atoms with Crippen LogP contribution >= 0.6 is 0 Å². The van der Waals surface area contributed by atoms with Gasteiger partial charge in [0.15, 0.2) is 5.69 Å². The molecule has 2 aromatic carbocycles. The fourth-order valence-electron chi connectivity index (χ4n) is 2.83. The minimum absolute atomic E-state index is 0.308. The second kappa shape index (κ2) is 5.43. The van der Waals surface area contributed by atoms with Gasteiger partial charge in [-0.15, -0.1) is 5.10 Å². The van der Waals surface area contributed by atoms with Gasteiger partial charge in [-0.3, -0.25) is 0 Å². The Bertz CT molecular complexity index is 1000. The highest BCUT2D eigenvalue weighted by molar-refractivity contribution is 5.87. The van der Waals surface area contributed by atoms with Crippen LogP contribution in [0.25, 0.3) is 22.3 Å². The van der Waals surface area contributed by atoms with Crippen molar-refractivity contribution in [2.45, 2.75) is 6.54 Å².